The molecule has 0 bridgehead atoms. The summed E-state index contributed by atoms with van der Waals surface area (Å²) < 4.78 is 1.17. The van der Waals surface area contributed by atoms with Gasteiger partial charge in [0.25, 0.3) is 0 Å². The first-order chi connectivity index (χ1) is 9.93. The fourth-order valence-corrected chi connectivity index (χ4v) is 4.60. The van der Waals surface area contributed by atoms with Crippen LogP contribution in [0.4, 0.5) is 0 Å². The molecule has 1 saturated heterocycles. The van der Waals surface area contributed by atoms with E-state index in [1.54, 1.807) is 0 Å². The Kier molecular flexibility index (Phi) is 5.90. The normalized spacial score (nSPS) is 22.0. The molecule has 1 fully saturated rings. The quantitative estimate of drug-likeness (QED) is 0.727. The van der Waals surface area contributed by atoms with Crippen molar-refractivity contribution in [2.45, 2.75) is 52.9 Å². The predicted molar refractivity (Wildman–Crippen MR) is 95.7 cm³/mol. The van der Waals surface area contributed by atoms with Crippen LogP contribution >= 0.6 is 15.9 Å². The molecule has 0 aliphatic carbocycles. The Morgan fingerprint density at radius 3 is 2.19 bits per heavy atom. The molecule has 1 heterocycles. The maximum Gasteiger partial charge on any atom is 0.0175 e. The number of piperidine rings is 1. The molecule has 0 amide bonds. The van der Waals surface area contributed by atoms with Crippen molar-refractivity contribution >= 4 is 15.9 Å². The van der Waals surface area contributed by atoms with E-state index >= 15 is 0 Å². The summed E-state index contributed by atoms with van der Waals surface area (Å²) in [4.78, 5) is 0. The van der Waals surface area contributed by atoms with Gasteiger partial charge in [-0.3, -0.25) is 0 Å². The van der Waals surface area contributed by atoms with Crippen LogP contribution in [0.5, 0.6) is 0 Å². The summed E-state index contributed by atoms with van der Waals surface area (Å²) in [6.07, 6.45) is 3.99. The number of benzene rings is 1. The fraction of sp³-hybridized carbons (Fsp3) is 0.684. The first-order valence-electron chi connectivity index (χ1n) is 8.39. The first-order valence-corrected chi connectivity index (χ1v) is 9.18. The minimum Gasteiger partial charge on any atom is -0.316 e. The largest absolute Gasteiger partial charge is 0.316 e. The van der Waals surface area contributed by atoms with Crippen molar-refractivity contribution in [3.8, 4) is 0 Å². The highest BCUT2D eigenvalue weighted by Crippen LogP contribution is 2.49. The van der Waals surface area contributed by atoms with E-state index in [0.29, 0.717) is 11.3 Å². The molecule has 0 aromatic heterocycles. The van der Waals surface area contributed by atoms with Crippen molar-refractivity contribution in [1.29, 1.82) is 0 Å². The molecule has 0 spiro atoms. The Hall–Kier alpha value is -0.340. The van der Waals surface area contributed by atoms with Crippen LogP contribution in [0.15, 0.2) is 28.7 Å². The van der Waals surface area contributed by atoms with Crippen LogP contribution < -0.4 is 5.32 Å². The van der Waals surface area contributed by atoms with Crippen LogP contribution in [0.2, 0.25) is 0 Å². The average molecular weight is 352 g/mol. The molecule has 1 N–H and O–H groups in total. The highest BCUT2D eigenvalue weighted by Gasteiger charge is 2.41. The van der Waals surface area contributed by atoms with Gasteiger partial charge in [0.2, 0.25) is 0 Å². The second-order valence-electron chi connectivity index (χ2n) is 7.62. The third-order valence-electron chi connectivity index (χ3n) is 4.79. The van der Waals surface area contributed by atoms with Crippen LogP contribution in [0.25, 0.3) is 0 Å². The van der Waals surface area contributed by atoms with Gasteiger partial charge in [-0.15, -0.1) is 0 Å². The molecule has 0 saturated carbocycles. The Labute approximate surface area is 139 Å². The fourth-order valence-electron chi connectivity index (χ4n) is 4.34. The van der Waals surface area contributed by atoms with Crippen molar-refractivity contribution in [2.75, 3.05) is 13.1 Å². The van der Waals surface area contributed by atoms with Crippen LogP contribution in [0, 0.1) is 17.3 Å². The molecule has 0 radical (unpaired) electrons. The lowest BCUT2D eigenvalue weighted by molar-refractivity contribution is 0.0971. The Balaban J connectivity index is 2.34. The van der Waals surface area contributed by atoms with Gasteiger partial charge in [0.1, 0.15) is 0 Å². The Morgan fingerprint density at radius 1 is 1.10 bits per heavy atom. The third kappa shape index (κ3) is 4.32. The highest BCUT2D eigenvalue weighted by atomic mass is 79.9. The molecule has 1 aliphatic rings. The van der Waals surface area contributed by atoms with E-state index in [2.05, 4.69) is 73.2 Å². The summed E-state index contributed by atoms with van der Waals surface area (Å²) in [5.41, 5.74) is 1.97. The number of halogens is 1. The van der Waals surface area contributed by atoms with E-state index in [0.717, 1.165) is 18.4 Å². The van der Waals surface area contributed by atoms with E-state index < -0.39 is 0 Å². The lowest BCUT2D eigenvalue weighted by atomic mass is 9.61. The Bertz CT molecular complexity index is 425. The van der Waals surface area contributed by atoms with Crippen LogP contribution in [-0.2, 0) is 0 Å². The van der Waals surface area contributed by atoms with Gasteiger partial charge >= 0.3 is 0 Å². The highest BCUT2D eigenvalue weighted by molar-refractivity contribution is 9.10. The minimum atomic E-state index is 0.460. The van der Waals surface area contributed by atoms with Gasteiger partial charge in [-0.1, -0.05) is 55.8 Å². The zero-order chi connectivity index (χ0) is 15.5. The van der Waals surface area contributed by atoms with E-state index in [1.165, 1.54) is 35.8 Å². The average Bonchev–Trinajstić information content (AvgIpc) is 2.39. The minimum absolute atomic E-state index is 0.460. The molecule has 1 aromatic rings. The zero-order valence-corrected chi connectivity index (χ0v) is 15.5. The summed E-state index contributed by atoms with van der Waals surface area (Å²) in [5, 5.41) is 3.64. The van der Waals surface area contributed by atoms with Crippen LogP contribution in [0.1, 0.15) is 58.4 Å². The molecular weight excluding hydrogens is 322 g/mol. The maximum absolute atomic E-state index is 3.64. The molecule has 21 heavy (non-hydrogen) atoms. The van der Waals surface area contributed by atoms with E-state index in [4.69, 9.17) is 0 Å². The van der Waals surface area contributed by atoms with E-state index in [-0.39, 0.29) is 0 Å². The topological polar surface area (TPSA) is 12.0 Å². The molecule has 1 unspecified atom stereocenters. The van der Waals surface area contributed by atoms with Gasteiger partial charge in [-0.05, 0) is 60.8 Å². The maximum atomic E-state index is 3.64. The summed E-state index contributed by atoms with van der Waals surface area (Å²) >= 11 is 3.56. The first kappa shape index (κ1) is 17.0. The van der Waals surface area contributed by atoms with Crippen molar-refractivity contribution in [2.24, 2.45) is 17.3 Å². The van der Waals surface area contributed by atoms with Gasteiger partial charge < -0.3 is 5.32 Å². The lowest BCUT2D eigenvalue weighted by Crippen LogP contribution is -2.45. The van der Waals surface area contributed by atoms with Crippen molar-refractivity contribution in [3.05, 3.63) is 34.3 Å². The molecule has 1 aromatic carbocycles. The number of hydrogen-bond donors (Lipinski definition) is 1. The molecular formula is C19H30BrN. The lowest BCUT2D eigenvalue weighted by Gasteiger charge is -2.47. The third-order valence-corrected chi connectivity index (χ3v) is 5.32. The smallest absolute Gasteiger partial charge is 0.0175 e. The molecule has 2 rings (SSSR count). The van der Waals surface area contributed by atoms with Crippen molar-refractivity contribution < 1.29 is 0 Å². The number of nitrogens with one attached hydrogen (secondary N) is 1. The second kappa shape index (κ2) is 7.28. The monoisotopic (exact) mass is 351 g/mol. The van der Waals surface area contributed by atoms with Crippen molar-refractivity contribution in [3.63, 3.8) is 0 Å². The number of rotatable bonds is 5. The molecule has 118 valence electrons. The van der Waals surface area contributed by atoms with Gasteiger partial charge in [-0.2, -0.15) is 0 Å². The van der Waals surface area contributed by atoms with Gasteiger partial charge in [0.15, 0.2) is 0 Å². The van der Waals surface area contributed by atoms with E-state index in [1.807, 2.05) is 0 Å². The molecule has 1 nitrogen and oxygen atoms in total. The molecule has 1 atom stereocenters. The van der Waals surface area contributed by atoms with Gasteiger partial charge in [0, 0.05) is 16.9 Å². The summed E-state index contributed by atoms with van der Waals surface area (Å²) in [5.74, 6) is 2.17. The predicted octanol–water partition coefficient (Wildman–Crippen LogP) is 5.60. The van der Waals surface area contributed by atoms with Gasteiger partial charge in [-0.25, -0.2) is 0 Å². The zero-order valence-electron chi connectivity index (χ0n) is 14.0. The van der Waals surface area contributed by atoms with Crippen LogP contribution in [-0.4, -0.2) is 13.1 Å². The number of hydrogen-bond acceptors (Lipinski definition) is 1. The molecule has 2 heteroatoms. The summed E-state index contributed by atoms with van der Waals surface area (Å²) in [7, 11) is 0. The van der Waals surface area contributed by atoms with Crippen molar-refractivity contribution in [1.82, 2.24) is 5.32 Å². The summed E-state index contributed by atoms with van der Waals surface area (Å²) in [6.45, 7) is 11.8. The van der Waals surface area contributed by atoms with Crippen LogP contribution in [0.3, 0.4) is 0 Å². The second-order valence-corrected chi connectivity index (χ2v) is 8.53. The SMILES string of the molecule is CC(C)CC1(CC(C)C)CCNCC1c1ccc(Br)cc1. The van der Waals surface area contributed by atoms with E-state index in [9.17, 15) is 0 Å². The summed E-state index contributed by atoms with van der Waals surface area (Å²) in [6, 6.07) is 9.02. The standard InChI is InChI=1S/C19H30BrN/c1-14(2)11-19(12-15(3)4)9-10-21-13-18(19)16-5-7-17(20)8-6-16/h5-8,14-15,18,21H,9-13H2,1-4H3. The van der Waals surface area contributed by atoms with Gasteiger partial charge in [0.05, 0.1) is 0 Å². The molecule has 1 aliphatic heterocycles. The Morgan fingerprint density at radius 2 is 1.67 bits per heavy atom.